The predicted octanol–water partition coefficient (Wildman–Crippen LogP) is -0.300. The van der Waals surface area contributed by atoms with Gasteiger partial charge in [-0.1, -0.05) is 6.92 Å². The van der Waals surface area contributed by atoms with Crippen molar-refractivity contribution >= 4 is 0 Å². The minimum atomic E-state index is -0.615. The van der Waals surface area contributed by atoms with Gasteiger partial charge in [0.25, 0.3) is 0 Å². The van der Waals surface area contributed by atoms with Crippen LogP contribution in [0.5, 0.6) is 0 Å². The van der Waals surface area contributed by atoms with E-state index in [1.165, 1.54) is 6.33 Å². The lowest BCUT2D eigenvalue weighted by atomic mass is 9.98. The summed E-state index contributed by atoms with van der Waals surface area (Å²) < 4.78 is 0. The van der Waals surface area contributed by atoms with Crippen LogP contribution in [0.25, 0.3) is 0 Å². The molecular weight excluding hydrogens is 194 g/mol. The minimum Gasteiger partial charge on any atom is -0.394 e. The van der Waals surface area contributed by atoms with E-state index in [2.05, 4.69) is 15.3 Å². The quantitative estimate of drug-likeness (QED) is 0.602. The van der Waals surface area contributed by atoms with Crippen LogP contribution in [0.4, 0.5) is 0 Å². The molecule has 0 saturated carbocycles. The lowest BCUT2D eigenvalue weighted by Gasteiger charge is -2.29. The zero-order valence-electron chi connectivity index (χ0n) is 8.85. The Morgan fingerprint density at radius 1 is 1.27 bits per heavy atom. The van der Waals surface area contributed by atoms with Gasteiger partial charge < -0.3 is 15.5 Å². The summed E-state index contributed by atoms with van der Waals surface area (Å²) in [6.07, 6.45) is 5.53. The molecule has 0 aliphatic carbocycles. The zero-order chi connectivity index (χ0) is 11.1. The molecule has 84 valence electrons. The Hall–Kier alpha value is -1.04. The summed E-state index contributed by atoms with van der Waals surface area (Å²) in [7, 11) is 0. The van der Waals surface area contributed by atoms with Crippen molar-refractivity contribution in [3.05, 3.63) is 24.3 Å². The zero-order valence-corrected chi connectivity index (χ0v) is 8.85. The SMILES string of the molecule is CCC(CO)(CO)NCc1cncnc1. The van der Waals surface area contributed by atoms with Crippen LogP contribution in [0.15, 0.2) is 18.7 Å². The Kier molecular flexibility index (Phi) is 4.61. The number of aliphatic hydroxyl groups excluding tert-OH is 2. The monoisotopic (exact) mass is 211 g/mol. The van der Waals surface area contributed by atoms with Crippen molar-refractivity contribution in [2.75, 3.05) is 13.2 Å². The van der Waals surface area contributed by atoms with E-state index in [-0.39, 0.29) is 13.2 Å². The van der Waals surface area contributed by atoms with Gasteiger partial charge in [0, 0.05) is 24.5 Å². The highest BCUT2D eigenvalue weighted by Crippen LogP contribution is 2.09. The largest absolute Gasteiger partial charge is 0.394 e. The molecule has 1 aromatic rings. The maximum absolute atomic E-state index is 9.20. The molecule has 15 heavy (non-hydrogen) atoms. The van der Waals surface area contributed by atoms with Gasteiger partial charge in [-0.05, 0) is 6.42 Å². The molecule has 0 aliphatic rings. The third-order valence-electron chi connectivity index (χ3n) is 2.56. The van der Waals surface area contributed by atoms with E-state index in [0.29, 0.717) is 13.0 Å². The number of hydrogen-bond donors (Lipinski definition) is 3. The summed E-state index contributed by atoms with van der Waals surface area (Å²) in [6.45, 7) is 2.28. The molecule has 0 radical (unpaired) electrons. The summed E-state index contributed by atoms with van der Waals surface area (Å²) in [4.78, 5) is 7.77. The molecule has 0 saturated heterocycles. The summed E-state index contributed by atoms with van der Waals surface area (Å²) in [6, 6.07) is 0. The summed E-state index contributed by atoms with van der Waals surface area (Å²) in [5, 5.41) is 21.5. The summed E-state index contributed by atoms with van der Waals surface area (Å²) in [5.41, 5.74) is 0.313. The van der Waals surface area contributed by atoms with Gasteiger partial charge in [0.05, 0.1) is 18.8 Å². The van der Waals surface area contributed by atoms with Gasteiger partial charge in [0.15, 0.2) is 0 Å². The lowest BCUT2D eigenvalue weighted by Crippen LogP contribution is -2.50. The van der Waals surface area contributed by atoms with Crippen molar-refractivity contribution in [1.29, 1.82) is 0 Å². The molecule has 0 amide bonds. The number of nitrogens with zero attached hydrogens (tertiary/aromatic N) is 2. The second-order valence-electron chi connectivity index (χ2n) is 3.55. The van der Waals surface area contributed by atoms with Gasteiger partial charge in [0.1, 0.15) is 6.33 Å². The van der Waals surface area contributed by atoms with Gasteiger partial charge in [-0.25, -0.2) is 9.97 Å². The van der Waals surface area contributed by atoms with Gasteiger partial charge in [-0.2, -0.15) is 0 Å². The fourth-order valence-electron chi connectivity index (χ4n) is 1.22. The Balaban J connectivity index is 2.54. The van der Waals surface area contributed by atoms with E-state index in [4.69, 9.17) is 0 Å². The van der Waals surface area contributed by atoms with E-state index in [0.717, 1.165) is 5.56 Å². The van der Waals surface area contributed by atoms with E-state index in [1.54, 1.807) is 12.4 Å². The highest BCUT2D eigenvalue weighted by molar-refractivity contribution is 5.03. The predicted molar refractivity (Wildman–Crippen MR) is 56.1 cm³/mol. The van der Waals surface area contributed by atoms with Crippen LogP contribution >= 0.6 is 0 Å². The molecule has 0 atom stereocenters. The third-order valence-corrected chi connectivity index (χ3v) is 2.56. The van der Waals surface area contributed by atoms with Crippen LogP contribution in [0.3, 0.4) is 0 Å². The number of nitrogens with one attached hydrogen (secondary N) is 1. The highest BCUT2D eigenvalue weighted by Gasteiger charge is 2.25. The molecule has 0 aliphatic heterocycles. The van der Waals surface area contributed by atoms with Crippen LogP contribution < -0.4 is 5.32 Å². The maximum Gasteiger partial charge on any atom is 0.115 e. The number of hydrogen-bond acceptors (Lipinski definition) is 5. The highest BCUT2D eigenvalue weighted by atomic mass is 16.3. The average Bonchev–Trinajstić information content (AvgIpc) is 2.33. The molecule has 3 N–H and O–H groups in total. The normalized spacial score (nSPS) is 11.7. The number of aromatic nitrogens is 2. The van der Waals surface area contributed by atoms with Gasteiger partial charge >= 0.3 is 0 Å². The fraction of sp³-hybridized carbons (Fsp3) is 0.600. The molecule has 1 rings (SSSR count). The molecule has 0 bridgehead atoms. The first-order valence-corrected chi connectivity index (χ1v) is 4.97. The summed E-state index contributed by atoms with van der Waals surface area (Å²) >= 11 is 0. The molecule has 5 nitrogen and oxygen atoms in total. The van der Waals surface area contributed by atoms with Crippen molar-refractivity contribution in [3.8, 4) is 0 Å². The summed E-state index contributed by atoms with van der Waals surface area (Å²) in [5.74, 6) is 0. The van der Waals surface area contributed by atoms with Crippen LogP contribution in [0, 0.1) is 0 Å². The third kappa shape index (κ3) is 3.23. The van der Waals surface area contributed by atoms with E-state index >= 15 is 0 Å². The van der Waals surface area contributed by atoms with Crippen LogP contribution in [-0.2, 0) is 6.54 Å². The molecule has 0 unspecified atom stereocenters. The van der Waals surface area contributed by atoms with Crippen molar-refractivity contribution in [1.82, 2.24) is 15.3 Å². The lowest BCUT2D eigenvalue weighted by molar-refractivity contribution is 0.0863. The van der Waals surface area contributed by atoms with Gasteiger partial charge in [0.2, 0.25) is 0 Å². The van der Waals surface area contributed by atoms with Crippen molar-refractivity contribution in [3.63, 3.8) is 0 Å². The molecule has 0 fully saturated rings. The van der Waals surface area contributed by atoms with Crippen LogP contribution in [0.1, 0.15) is 18.9 Å². The second kappa shape index (κ2) is 5.75. The molecule has 1 heterocycles. The van der Waals surface area contributed by atoms with Crippen LogP contribution in [-0.4, -0.2) is 38.9 Å². The minimum absolute atomic E-state index is 0.0896. The Morgan fingerprint density at radius 3 is 2.33 bits per heavy atom. The molecule has 5 heteroatoms. The molecule has 0 aromatic carbocycles. The number of rotatable bonds is 6. The Bertz CT molecular complexity index is 267. The van der Waals surface area contributed by atoms with E-state index < -0.39 is 5.54 Å². The second-order valence-corrected chi connectivity index (χ2v) is 3.55. The Morgan fingerprint density at radius 2 is 1.87 bits per heavy atom. The first kappa shape index (κ1) is 12.0. The standard InChI is InChI=1S/C10H17N3O2/c1-2-10(6-14,7-15)13-5-9-3-11-8-12-4-9/h3-4,8,13-15H,2,5-7H2,1H3. The van der Waals surface area contributed by atoms with Gasteiger partial charge in [-0.3, -0.25) is 0 Å². The van der Waals surface area contributed by atoms with Gasteiger partial charge in [-0.15, -0.1) is 0 Å². The van der Waals surface area contributed by atoms with Crippen molar-refractivity contribution in [2.24, 2.45) is 0 Å². The molecule has 1 aromatic heterocycles. The average molecular weight is 211 g/mol. The molecular formula is C10H17N3O2. The smallest absolute Gasteiger partial charge is 0.115 e. The topological polar surface area (TPSA) is 78.3 Å². The fourth-order valence-corrected chi connectivity index (χ4v) is 1.22. The Labute approximate surface area is 89.2 Å². The maximum atomic E-state index is 9.20. The van der Waals surface area contributed by atoms with Crippen molar-refractivity contribution in [2.45, 2.75) is 25.4 Å². The first-order valence-electron chi connectivity index (χ1n) is 4.97. The first-order chi connectivity index (χ1) is 7.26. The van der Waals surface area contributed by atoms with Crippen LogP contribution in [0.2, 0.25) is 0 Å². The number of aliphatic hydroxyl groups is 2. The van der Waals surface area contributed by atoms with E-state index in [1.807, 2.05) is 6.92 Å². The van der Waals surface area contributed by atoms with E-state index in [9.17, 15) is 10.2 Å². The van der Waals surface area contributed by atoms with Crippen molar-refractivity contribution < 1.29 is 10.2 Å². The molecule has 0 spiro atoms.